The van der Waals surface area contributed by atoms with Gasteiger partial charge in [-0.25, -0.2) is 0 Å². The molecule has 0 aromatic heterocycles. The van der Waals surface area contributed by atoms with Crippen molar-refractivity contribution in [2.75, 3.05) is 13.7 Å². The van der Waals surface area contributed by atoms with Gasteiger partial charge in [-0.2, -0.15) is 0 Å². The average Bonchev–Trinajstić information content (AvgIpc) is 2.19. The van der Waals surface area contributed by atoms with Crippen LogP contribution in [0, 0.1) is 6.92 Å². The maximum absolute atomic E-state index is 8.80. The van der Waals surface area contributed by atoms with Crippen molar-refractivity contribution in [2.24, 2.45) is 0 Å². The maximum atomic E-state index is 8.80. The summed E-state index contributed by atoms with van der Waals surface area (Å²) < 4.78 is 6.39. The highest BCUT2D eigenvalue weighted by atomic mass is 79.9. The average molecular weight is 259 g/mol. The molecule has 0 saturated heterocycles. The molecule has 0 aliphatic rings. The molecule has 0 spiro atoms. The van der Waals surface area contributed by atoms with Crippen molar-refractivity contribution in [3.8, 4) is 5.75 Å². The zero-order valence-electron chi connectivity index (χ0n) is 8.51. The topological polar surface area (TPSA) is 29.5 Å². The third-order valence-electron chi connectivity index (χ3n) is 2.19. The highest BCUT2D eigenvalue weighted by Gasteiger charge is 2.09. The van der Waals surface area contributed by atoms with Crippen LogP contribution in [0.25, 0.3) is 0 Å². The first-order chi connectivity index (χ1) is 6.70. The Balaban J connectivity index is 3.03. The molecule has 0 aliphatic carbocycles. The van der Waals surface area contributed by atoms with E-state index < -0.39 is 0 Å². The number of methoxy groups -OCH3 is 1. The SMILES string of the molecule is COc1c(C)ccc(Br)c1CCCO. The van der Waals surface area contributed by atoms with Crippen molar-refractivity contribution in [1.82, 2.24) is 0 Å². The summed E-state index contributed by atoms with van der Waals surface area (Å²) in [4.78, 5) is 0. The van der Waals surface area contributed by atoms with Crippen LogP contribution >= 0.6 is 15.9 Å². The third kappa shape index (κ3) is 2.49. The van der Waals surface area contributed by atoms with Crippen LogP contribution < -0.4 is 4.74 Å². The Morgan fingerprint density at radius 1 is 1.43 bits per heavy atom. The molecule has 78 valence electrons. The van der Waals surface area contributed by atoms with Crippen molar-refractivity contribution >= 4 is 15.9 Å². The fourth-order valence-electron chi connectivity index (χ4n) is 1.49. The molecule has 0 atom stereocenters. The lowest BCUT2D eigenvalue weighted by Gasteiger charge is -2.12. The number of aliphatic hydroxyl groups excluding tert-OH is 1. The lowest BCUT2D eigenvalue weighted by Crippen LogP contribution is -1.97. The molecule has 0 radical (unpaired) electrons. The zero-order chi connectivity index (χ0) is 10.6. The lowest BCUT2D eigenvalue weighted by molar-refractivity contribution is 0.287. The molecule has 0 aliphatic heterocycles. The zero-order valence-corrected chi connectivity index (χ0v) is 10.1. The van der Waals surface area contributed by atoms with Crippen molar-refractivity contribution < 1.29 is 9.84 Å². The van der Waals surface area contributed by atoms with Crippen LogP contribution in [-0.4, -0.2) is 18.8 Å². The molecule has 14 heavy (non-hydrogen) atoms. The molecule has 0 saturated carbocycles. The van der Waals surface area contributed by atoms with Gasteiger partial charge >= 0.3 is 0 Å². The highest BCUT2D eigenvalue weighted by molar-refractivity contribution is 9.10. The molecule has 0 amide bonds. The van der Waals surface area contributed by atoms with E-state index in [2.05, 4.69) is 15.9 Å². The van der Waals surface area contributed by atoms with E-state index in [9.17, 15) is 0 Å². The minimum absolute atomic E-state index is 0.212. The summed E-state index contributed by atoms with van der Waals surface area (Å²) in [6, 6.07) is 4.04. The van der Waals surface area contributed by atoms with E-state index in [1.807, 2.05) is 19.1 Å². The molecule has 1 aromatic carbocycles. The van der Waals surface area contributed by atoms with E-state index in [1.54, 1.807) is 7.11 Å². The van der Waals surface area contributed by atoms with Crippen LogP contribution in [-0.2, 0) is 6.42 Å². The number of hydrogen-bond donors (Lipinski definition) is 1. The van der Waals surface area contributed by atoms with Crippen LogP contribution in [0.5, 0.6) is 5.75 Å². The van der Waals surface area contributed by atoms with Crippen molar-refractivity contribution in [3.63, 3.8) is 0 Å². The minimum Gasteiger partial charge on any atom is -0.496 e. The van der Waals surface area contributed by atoms with Crippen LogP contribution in [0.15, 0.2) is 16.6 Å². The molecule has 3 heteroatoms. The van der Waals surface area contributed by atoms with Crippen LogP contribution in [0.2, 0.25) is 0 Å². The molecule has 1 N–H and O–H groups in total. The number of halogens is 1. The summed E-state index contributed by atoms with van der Waals surface area (Å²) in [6.45, 7) is 2.23. The summed E-state index contributed by atoms with van der Waals surface area (Å²) in [5.74, 6) is 0.924. The van der Waals surface area contributed by atoms with Crippen LogP contribution in [0.1, 0.15) is 17.5 Å². The Morgan fingerprint density at radius 2 is 2.14 bits per heavy atom. The Labute approximate surface area is 93.0 Å². The first-order valence-corrected chi connectivity index (χ1v) is 5.42. The molecule has 0 bridgehead atoms. The van der Waals surface area contributed by atoms with Crippen molar-refractivity contribution in [2.45, 2.75) is 19.8 Å². The Kier molecular flexibility index (Phi) is 4.42. The Bertz CT molecular complexity index is 310. The molecule has 0 fully saturated rings. The van der Waals surface area contributed by atoms with Crippen molar-refractivity contribution in [3.05, 3.63) is 27.7 Å². The number of ether oxygens (including phenoxy) is 1. The second-order valence-corrected chi connectivity index (χ2v) is 4.06. The molecule has 0 unspecified atom stereocenters. The van der Waals surface area contributed by atoms with E-state index in [-0.39, 0.29) is 6.61 Å². The molecule has 1 aromatic rings. The van der Waals surface area contributed by atoms with Gasteiger partial charge in [0.1, 0.15) is 5.75 Å². The van der Waals surface area contributed by atoms with Gasteiger partial charge < -0.3 is 9.84 Å². The van der Waals surface area contributed by atoms with E-state index >= 15 is 0 Å². The van der Waals surface area contributed by atoms with Gasteiger partial charge in [0.2, 0.25) is 0 Å². The predicted molar refractivity (Wildman–Crippen MR) is 60.8 cm³/mol. The van der Waals surface area contributed by atoms with E-state index in [0.29, 0.717) is 0 Å². The molecule has 0 heterocycles. The van der Waals surface area contributed by atoms with Gasteiger partial charge in [0, 0.05) is 16.6 Å². The standard InChI is InChI=1S/C11H15BrO2/c1-8-5-6-10(12)9(4-3-7-13)11(8)14-2/h5-6,13H,3-4,7H2,1-2H3. The first kappa shape index (κ1) is 11.5. The van der Waals surface area contributed by atoms with E-state index in [0.717, 1.165) is 34.2 Å². The molecular formula is C11H15BrO2. The van der Waals surface area contributed by atoms with Gasteiger partial charge in [0.05, 0.1) is 7.11 Å². The highest BCUT2D eigenvalue weighted by Crippen LogP contribution is 2.31. The minimum atomic E-state index is 0.212. The van der Waals surface area contributed by atoms with Gasteiger partial charge in [-0.15, -0.1) is 0 Å². The quantitative estimate of drug-likeness (QED) is 0.900. The monoisotopic (exact) mass is 258 g/mol. The lowest BCUT2D eigenvalue weighted by atomic mass is 10.1. The van der Waals surface area contributed by atoms with E-state index in [4.69, 9.17) is 9.84 Å². The smallest absolute Gasteiger partial charge is 0.126 e. The number of benzene rings is 1. The summed E-state index contributed by atoms with van der Waals surface area (Å²) in [7, 11) is 1.68. The van der Waals surface area contributed by atoms with Gasteiger partial charge in [-0.3, -0.25) is 0 Å². The van der Waals surface area contributed by atoms with Gasteiger partial charge in [0.25, 0.3) is 0 Å². The van der Waals surface area contributed by atoms with Crippen LogP contribution in [0.4, 0.5) is 0 Å². The second kappa shape index (κ2) is 5.37. The first-order valence-electron chi connectivity index (χ1n) is 4.63. The normalized spacial score (nSPS) is 10.3. The van der Waals surface area contributed by atoms with Gasteiger partial charge in [-0.05, 0) is 31.4 Å². The molecule has 2 nitrogen and oxygen atoms in total. The summed E-state index contributed by atoms with van der Waals surface area (Å²) in [5, 5.41) is 8.80. The fraction of sp³-hybridized carbons (Fsp3) is 0.455. The summed E-state index contributed by atoms with van der Waals surface area (Å²) in [6.07, 6.45) is 1.60. The number of aryl methyl sites for hydroxylation is 1. The predicted octanol–water partition coefficient (Wildman–Crippen LogP) is 2.69. The molecule has 1 rings (SSSR count). The number of hydrogen-bond acceptors (Lipinski definition) is 2. The molecular weight excluding hydrogens is 244 g/mol. The second-order valence-electron chi connectivity index (χ2n) is 3.20. The number of rotatable bonds is 4. The Morgan fingerprint density at radius 3 is 2.71 bits per heavy atom. The van der Waals surface area contributed by atoms with Gasteiger partial charge in [0.15, 0.2) is 0 Å². The summed E-state index contributed by atoms with van der Waals surface area (Å²) in [5.41, 5.74) is 2.27. The van der Waals surface area contributed by atoms with E-state index in [1.165, 1.54) is 0 Å². The van der Waals surface area contributed by atoms with Crippen molar-refractivity contribution in [1.29, 1.82) is 0 Å². The Hall–Kier alpha value is -0.540. The van der Waals surface area contributed by atoms with Gasteiger partial charge in [-0.1, -0.05) is 22.0 Å². The largest absolute Gasteiger partial charge is 0.496 e. The van der Waals surface area contributed by atoms with Crippen LogP contribution in [0.3, 0.4) is 0 Å². The maximum Gasteiger partial charge on any atom is 0.126 e. The third-order valence-corrected chi connectivity index (χ3v) is 2.93. The fourth-order valence-corrected chi connectivity index (χ4v) is 2.00. The summed E-state index contributed by atoms with van der Waals surface area (Å²) >= 11 is 3.49. The number of aliphatic hydroxyl groups is 1.